The summed E-state index contributed by atoms with van der Waals surface area (Å²) < 4.78 is 5.21. The minimum Gasteiger partial charge on any atom is -0.450 e. The fourth-order valence-electron chi connectivity index (χ4n) is 4.63. The van der Waals surface area contributed by atoms with E-state index in [0.29, 0.717) is 6.61 Å². The number of piperidine rings is 1. The summed E-state index contributed by atoms with van der Waals surface area (Å²) in [5.74, 6) is 0. The highest BCUT2D eigenvalue weighted by molar-refractivity contribution is 5.77. The number of hydrogen-bond donors (Lipinski definition) is 2. The summed E-state index contributed by atoms with van der Waals surface area (Å²) in [6.07, 6.45) is 7.06. The van der Waals surface area contributed by atoms with Crippen LogP contribution in [-0.4, -0.2) is 65.8 Å². The minimum atomic E-state index is -0.169. The Hall–Kier alpha value is -1.92. The fourth-order valence-corrected chi connectivity index (χ4v) is 4.63. The highest BCUT2D eigenvalue weighted by Crippen LogP contribution is 2.38. The van der Waals surface area contributed by atoms with E-state index in [1.165, 1.54) is 5.70 Å². The summed E-state index contributed by atoms with van der Waals surface area (Å²) in [6, 6.07) is 0.419. The number of nitrogens with one attached hydrogen (secondary N) is 2. The van der Waals surface area contributed by atoms with Crippen molar-refractivity contribution >= 4 is 12.1 Å². The van der Waals surface area contributed by atoms with Crippen LogP contribution in [0.25, 0.3) is 0 Å². The summed E-state index contributed by atoms with van der Waals surface area (Å²) >= 11 is 0. The van der Waals surface area contributed by atoms with E-state index in [9.17, 15) is 9.59 Å². The van der Waals surface area contributed by atoms with Crippen molar-refractivity contribution in [2.45, 2.75) is 56.7 Å². The number of likely N-dealkylation sites (tertiary alicyclic amines) is 1. The molecule has 0 aliphatic carbocycles. The van der Waals surface area contributed by atoms with E-state index in [0.717, 1.165) is 51.7 Å². The number of carbonyl (C=O) groups is 2. The Morgan fingerprint density at radius 1 is 1.38 bits per heavy atom. The molecule has 2 N–H and O–H groups in total. The third-order valence-electron chi connectivity index (χ3n) is 5.95. The van der Waals surface area contributed by atoms with Crippen LogP contribution in [0.5, 0.6) is 0 Å². The second-order valence-electron chi connectivity index (χ2n) is 7.34. The lowest BCUT2D eigenvalue weighted by Gasteiger charge is -2.43. The molecule has 4 rings (SSSR count). The lowest BCUT2D eigenvalue weighted by atomic mass is 9.88. The summed E-state index contributed by atoms with van der Waals surface area (Å²) in [6.45, 7) is 4.95. The van der Waals surface area contributed by atoms with Crippen molar-refractivity contribution in [1.82, 2.24) is 20.4 Å². The van der Waals surface area contributed by atoms with Crippen LogP contribution < -0.4 is 10.6 Å². The topological polar surface area (TPSA) is 73.9 Å². The third kappa shape index (κ3) is 2.59. The molecule has 0 saturated carbocycles. The Balaban J connectivity index is 1.41. The molecule has 7 nitrogen and oxygen atoms in total. The van der Waals surface area contributed by atoms with Gasteiger partial charge in [-0.3, -0.25) is 4.90 Å². The molecule has 3 saturated heterocycles. The zero-order valence-electron chi connectivity index (χ0n) is 14.2. The Morgan fingerprint density at radius 2 is 2.17 bits per heavy atom. The molecule has 0 aromatic heterocycles. The summed E-state index contributed by atoms with van der Waals surface area (Å²) in [4.78, 5) is 28.0. The highest BCUT2D eigenvalue weighted by Gasteiger charge is 2.44. The maximum Gasteiger partial charge on any atom is 0.410 e. The number of carbonyl (C=O) groups excluding carboxylic acids is 2. The van der Waals surface area contributed by atoms with Gasteiger partial charge in [0.05, 0.1) is 18.2 Å². The molecule has 3 fully saturated rings. The number of ether oxygens (including phenoxy) is 1. The van der Waals surface area contributed by atoms with Crippen LogP contribution in [0, 0.1) is 0 Å². The van der Waals surface area contributed by atoms with Gasteiger partial charge in [0.15, 0.2) is 0 Å². The zero-order valence-corrected chi connectivity index (χ0v) is 14.2. The van der Waals surface area contributed by atoms with E-state index in [-0.39, 0.29) is 29.7 Å². The van der Waals surface area contributed by atoms with E-state index in [4.69, 9.17) is 4.74 Å². The molecule has 2 bridgehead atoms. The van der Waals surface area contributed by atoms with E-state index in [1.807, 2.05) is 11.8 Å². The Kier molecular flexibility index (Phi) is 3.81. The standard InChI is InChI=1S/C17H26N4O3/c1-2-24-16(23)21-12-3-4-13(21)10-14(9-12)20-7-5-17(6-8-20)11-18-15(22)19-17/h9,12-13H,2-8,10-11H2,1H3,(H2,18,19,22). The zero-order chi connectivity index (χ0) is 16.7. The van der Waals surface area contributed by atoms with Crippen LogP contribution in [0.15, 0.2) is 11.8 Å². The van der Waals surface area contributed by atoms with E-state index < -0.39 is 0 Å². The van der Waals surface area contributed by atoms with Crippen molar-refractivity contribution in [2.24, 2.45) is 0 Å². The number of rotatable bonds is 2. The number of hydrogen-bond acceptors (Lipinski definition) is 4. The van der Waals surface area contributed by atoms with E-state index in [1.54, 1.807) is 0 Å². The van der Waals surface area contributed by atoms with Crippen LogP contribution in [0.1, 0.15) is 39.0 Å². The first-order chi connectivity index (χ1) is 11.6. The Bertz CT molecular complexity index is 568. The van der Waals surface area contributed by atoms with E-state index in [2.05, 4.69) is 21.6 Å². The lowest BCUT2D eigenvalue weighted by molar-refractivity contribution is 0.0866. The number of amides is 3. The molecular formula is C17H26N4O3. The van der Waals surface area contributed by atoms with Crippen LogP contribution in [-0.2, 0) is 4.74 Å². The maximum atomic E-state index is 12.2. The number of urea groups is 1. The highest BCUT2D eigenvalue weighted by atomic mass is 16.6. The molecular weight excluding hydrogens is 308 g/mol. The van der Waals surface area contributed by atoms with Gasteiger partial charge in [-0.1, -0.05) is 0 Å². The molecule has 0 aromatic carbocycles. The predicted octanol–water partition coefficient (Wildman–Crippen LogP) is 1.41. The summed E-state index contributed by atoms with van der Waals surface area (Å²) in [5.41, 5.74) is 1.31. The molecule has 3 amide bonds. The van der Waals surface area contributed by atoms with Crippen molar-refractivity contribution < 1.29 is 14.3 Å². The Morgan fingerprint density at radius 3 is 2.79 bits per heavy atom. The van der Waals surface area contributed by atoms with Gasteiger partial charge in [-0.15, -0.1) is 0 Å². The lowest BCUT2D eigenvalue weighted by Crippen LogP contribution is -2.53. The number of fused-ring (bicyclic) bond motifs is 2. The van der Waals surface area contributed by atoms with Crippen LogP contribution >= 0.6 is 0 Å². The molecule has 4 heterocycles. The van der Waals surface area contributed by atoms with Crippen molar-refractivity contribution in [3.63, 3.8) is 0 Å². The third-order valence-corrected chi connectivity index (χ3v) is 5.95. The quantitative estimate of drug-likeness (QED) is 0.801. The van der Waals surface area contributed by atoms with Gasteiger partial charge in [0.1, 0.15) is 0 Å². The van der Waals surface area contributed by atoms with Crippen molar-refractivity contribution in [3.05, 3.63) is 11.8 Å². The van der Waals surface area contributed by atoms with Gasteiger partial charge in [0, 0.05) is 37.8 Å². The van der Waals surface area contributed by atoms with Crippen LogP contribution in [0.4, 0.5) is 9.59 Å². The van der Waals surface area contributed by atoms with Gasteiger partial charge in [-0.2, -0.15) is 0 Å². The van der Waals surface area contributed by atoms with Gasteiger partial charge in [0.2, 0.25) is 0 Å². The first kappa shape index (κ1) is 15.6. The first-order valence-corrected chi connectivity index (χ1v) is 9.07. The van der Waals surface area contributed by atoms with E-state index >= 15 is 0 Å². The average molecular weight is 334 g/mol. The van der Waals surface area contributed by atoms with Crippen molar-refractivity contribution in [2.75, 3.05) is 26.2 Å². The van der Waals surface area contributed by atoms with Gasteiger partial charge in [-0.05, 0) is 38.7 Å². The molecule has 7 heteroatoms. The molecule has 0 aromatic rings. The molecule has 0 radical (unpaired) electrons. The molecule has 2 unspecified atom stereocenters. The average Bonchev–Trinajstić information content (AvgIpc) is 3.05. The van der Waals surface area contributed by atoms with Gasteiger partial charge >= 0.3 is 12.1 Å². The number of nitrogens with zero attached hydrogens (tertiary/aromatic N) is 2. The second-order valence-corrected chi connectivity index (χ2v) is 7.34. The molecule has 2 atom stereocenters. The van der Waals surface area contributed by atoms with Crippen molar-refractivity contribution in [1.29, 1.82) is 0 Å². The largest absolute Gasteiger partial charge is 0.450 e. The normalized spacial score (nSPS) is 30.9. The van der Waals surface area contributed by atoms with Gasteiger partial charge < -0.3 is 20.3 Å². The molecule has 4 aliphatic heterocycles. The summed E-state index contributed by atoms with van der Waals surface area (Å²) in [5, 5.41) is 5.98. The maximum absolute atomic E-state index is 12.2. The fraction of sp³-hybridized carbons (Fsp3) is 0.765. The molecule has 4 aliphatic rings. The van der Waals surface area contributed by atoms with Crippen LogP contribution in [0.2, 0.25) is 0 Å². The minimum absolute atomic E-state index is 0.0385. The molecule has 24 heavy (non-hydrogen) atoms. The second kappa shape index (κ2) is 5.86. The summed E-state index contributed by atoms with van der Waals surface area (Å²) in [7, 11) is 0. The van der Waals surface area contributed by atoms with Crippen LogP contribution in [0.3, 0.4) is 0 Å². The SMILES string of the molecule is CCOC(=O)N1C2C=C(N3CCC4(CC3)CNC(=O)N4)CC1CC2. The predicted molar refractivity (Wildman–Crippen MR) is 88.4 cm³/mol. The first-order valence-electron chi connectivity index (χ1n) is 9.07. The molecule has 132 valence electrons. The van der Waals surface area contributed by atoms with Crippen molar-refractivity contribution in [3.8, 4) is 0 Å². The smallest absolute Gasteiger partial charge is 0.410 e. The Labute approximate surface area is 142 Å². The van der Waals surface area contributed by atoms with Gasteiger partial charge in [0.25, 0.3) is 0 Å². The van der Waals surface area contributed by atoms with Gasteiger partial charge in [-0.25, -0.2) is 9.59 Å². The molecule has 1 spiro atoms. The monoisotopic (exact) mass is 334 g/mol.